The standard InChI is InChI=1S/C19H23ClN2O2/c1-14-6-7-17(16(20)11-14)24-10-8-18(23)22-13-19(2,3)15-5-4-9-21-12-15/h4-7,9,11-12H,8,10,13H2,1-3H3,(H,22,23). The van der Waals surface area contributed by atoms with Crippen molar-refractivity contribution in [1.82, 2.24) is 10.3 Å². The number of carbonyl (C=O) groups excluding carboxylic acids is 1. The van der Waals surface area contributed by atoms with Gasteiger partial charge in [-0.05, 0) is 36.2 Å². The molecule has 1 aromatic carbocycles. The molecule has 0 aliphatic heterocycles. The Balaban J connectivity index is 1.77. The number of nitrogens with one attached hydrogen (secondary N) is 1. The predicted octanol–water partition coefficient (Wildman–Crippen LogP) is 3.91. The minimum atomic E-state index is -0.176. The maximum atomic E-state index is 12.0. The SMILES string of the molecule is Cc1ccc(OCCC(=O)NCC(C)(C)c2cccnc2)c(Cl)c1. The number of aromatic nitrogens is 1. The number of benzene rings is 1. The molecule has 1 aromatic heterocycles. The van der Waals surface area contributed by atoms with Gasteiger partial charge in [-0.2, -0.15) is 0 Å². The molecule has 0 atom stereocenters. The summed E-state index contributed by atoms with van der Waals surface area (Å²) in [6.07, 6.45) is 3.85. The summed E-state index contributed by atoms with van der Waals surface area (Å²) in [5, 5.41) is 3.51. The van der Waals surface area contributed by atoms with Gasteiger partial charge in [-0.3, -0.25) is 9.78 Å². The van der Waals surface area contributed by atoms with Crippen molar-refractivity contribution in [2.45, 2.75) is 32.6 Å². The van der Waals surface area contributed by atoms with Crippen molar-refractivity contribution < 1.29 is 9.53 Å². The average molecular weight is 347 g/mol. The molecule has 1 amide bonds. The molecule has 0 fully saturated rings. The second-order valence-electron chi connectivity index (χ2n) is 6.43. The number of rotatable bonds is 7. The van der Waals surface area contributed by atoms with Crippen LogP contribution in [-0.4, -0.2) is 24.0 Å². The van der Waals surface area contributed by atoms with Gasteiger partial charge in [0.1, 0.15) is 5.75 Å². The lowest BCUT2D eigenvalue weighted by atomic mass is 9.85. The summed E-state index contributed by atoms with van der Waals surface area (Å²) in [6, 6.07) is 9.51. The Hall–Kier alpha value is -2.07. The number of pyridine rings is 1. The van der Waals surface area contributed by atoms with Gasteiger partial charge in [0, 0.05) is 24.4 Å². The third-order valence-corrected chi connectivity index (χ3v) is 4.14. The number of hydrogen-bond donors (Lipinski definition) is 1. The normalized spacial score (nSPS) is 11.2. The van der Waals surface area contributed by atoms with E-state index in [0.29, 0.717) is 23.9 Å². The first-order chi connectivity index (χ1) is 11.4. The molecule has 0 unspecified atom stereocenters. The van der Waals surface area contributed by atoms with E-state index in [1.165, 1.54) is 0 Å². The molecule has 5 heteroatoms. The lowest BCUT2D eigenvalue weighted by Gasteiger charge is -2.25. The van der Waals surface area contributed by atoms with Crippen molar-refractivity contribution in [3.05, 3.63) is 58.9 Å². The predicted molar refractivity (Wildman–Crippen MR) is 96.6 cm³/mol. The van der Waals surface area contributed by atoms with E-state index in [9.17, 15) is 4.79 Å². The van der Waals surface area contributed by atoms with E-state index in [1.54, 1.807) is 6.20 Å². The largest absolute Gasteiger partial charge is 0.491 e. The Morgan fingerprint density at radius 3 is 2.79 bits per heavy atom. The van der Waals surface area contributed by atoms with E-state index < -0.39 is 0 Å². The van der Waals surface area contributed by atoms with Gasteiger partial charge in [-0.15, -0.1) is 0 Å². The van der Waals surface area contributed by atoms with Crippen molar-refractivity contribution in [3.8, 4) is 5.75 Å². The second kappa shape index (κ2) is 8.15. The summed E-state index contributed by atoms with van der Waals surface area (Å²) in [7, 11) is 0. The van der Waals surface area contributed by atoms with Crippen molar-refractivity contribution in [2.24, 2.45) is 0 Å². The Labute approximate surface area is 148 Å². The molecule has 0 radical (unpaired) electrons. The van der Waals surface area contributed by atoms with Gasteiger partial charge in [0.25, 0.3) is 0 Å². The molecule has 2 rings (SSSR count). The van der Waals surface area contributed by atoms with Crippen LogP contribution in [0.4, 0.5) is 0 Å². The zero-order valence-corrected chi connectivity index (χ0v) is 15.1. The third-order valence-electron chi connectivity index (χ3n) is 3.84. The van der Waals surface area contributed by atoms with E-state index in [1.807, 2.05) is 43.5 Å². The quantitative estimate of drug-likeness (QED) is 0.827. The molecule has 1 N–H and O–H groups in total. The zero-order valence-electron chi connectivity index (χ0n) is 14.3. The summed E-state index contributed by atoms with van der Waals surface area (Å²) in [4.78, 5) is 16.1. The van der Waals surface area contributed by atoms with Crippen LogP contribution < -0.4 is 10.1 Å². The van der Waals surface area contributed by atoms with Crippen LogP contribution in [0.25, 0.3) is 0 Å². The van der Waals surface area contributed by atoms with Gasteiger partial charge in [-0.1, -0.05) is 37.6 Å². The topological polar surface area (TPSA) is 51.2 Å². The minimum Gasteiger partial charge on any atom is -0.491 e. The first-order valence-electron chi connectivity index (χ1n) is 7.95. The van der Waals surface area contributed by atoms with Gasteiger partial charge in [0.15, 0.2) is 0 Å². The first kappa shape index (κ1) is 18.3. The molecule has 0 saturated heterocycles. The number of hydrogen-bond acceptors (Lipinski definition) is 3. The van der Waals surface area contributed by atoms with E-state index in [-0.39, 0.29) is 17.7 Å². The third kappa shape index (κ3) is 5.24. The van der Waals surface area contributed by atoms with Gasteiger partial charge in [0.05, 0.1) is 18.1 Å². The monoisotopic (exact) mass is 346 g/mol. The number of nitrogens with zero attached hydrogens (tertiary/aromatic N) is 1. The molecule has 2 aromatic rings. The molecule has 0 aliphatic rings. The Kier molecular flexibility index (Phi) is 6.21. The highest BCUT2D eigenvalue weighted by Crippen LogP contribution is 2.25. The fraction of sp³-hybridized carbons (Fsp3) is 0.368. The van der Waals surface area contributed by atoms with E-state index in [4.69, 9.17) is 16.3 Å². The molecule has 0 aliphatic carbocycles. The Morgan fingerprint density at radius 1 is 1.33 bits per heavy atom. The van der Waals surface area contributed by atoms with Crippen LogP contribution in [-0.2, 0) is 10.2 Å². The van der Waals surface area contributed by atoms with Crippen molar-refractivity contribution in [2.75, 3.05) is 13.2 Å². The lowest BCUT2D eigenvalue weighted by Crippen LogP contribution is -2.37. The van der Waals surface area contributed by atoms with Crippen molar-refractivity contribution in [1.29, 1.82) is 0 Å². The summed E-state index contributed by atoms with van der Waals surface area (Å²) in [6.45, 7) is 6.96. The fourth-order valence-corrected chi connectivity index (χ4v) is 2.54. The zero-order chi connectivity index (χ0) is 17.6. The first-order valence-corrected chi connectivity index (χ1v) is 8.32. The van der Waals surface area contributed by atoms with E-state index >= 15 is 0 Å². The average Bonchev–Trinajstić information content (AvgIpc) is 2.56. The molecular weight excluding hydrogens is 324 g/mol. The molecule has 0 saturated carbocycles. The van der Waals surface area contributed by atoms with E-state index in [2.05, 4.69) is 24.1 Å². The number of carbonyl (C=O) groups is 1. The molecular formula is C19H23ClN2O2. The van der Waals surface area contributed by atoms with Crippen LogP contribution >= 0.6 is 11.6 Å². The van der Waals surface area contributed by atoms with Gasteiger partial charge >= 0.3 is 0 Å². The van der Waals surface area contributed by atoms with Crippen LogP contribution in [0.2, 0.25) is 5.02 Å². The summed E-state index contributed by atoms with van der Waals surface area (Å²) in [5.41, 5.74) is 1.99. The highest BCUT2D eigenvalue weighted by Gasteiger charge is 2.21. The number of aryl methyl sites for hydroxylation is 1. The maximum Gasteiger partial charge on any atom is 0.223 e. The van der Waals surface area contributed by atoms with Crippen molar-refractivity contribution in [3.63, 3.8) is 0 Å². The highest BCUT2D eigenvalue weighted by atomic mass is 35.5. The summed E-state index contributed by atoms with van der Waals surface area (Å²) in [5.74, 6) is 0.556. The van der Waals surface area contributed by atoms with E-state index in [0.717, 1.165) is 11.1 Å². The number of halogens is 1. The highest BCUT2D eigenvalue weighted by molar-refractivity contribution is 6.32. The van der Waals surface area contributed by atoms with Gasteiger partial charge in [0.2, 0.25) is 5.91 Å². The van der Waals surface area contributed by atoms with Crippen LogP contribution in [0.3, 0.4) is 0 Å². The van der Waals surface area contributed by atoms with Crippen LogP contribution in [0.5, 0.6) is 5.75 Å². The van der Waals surface area contributed by atoms with Gasteiger partial charge < -0.3 is 10.1 Å². The van der Waals surface area contributed by atoms with Crippen molar-refractivity contribution >= 4 is 17.5 Å². The Bertz CT molecular complexity index is 687. The molecule has 4 nitrogen and oxygen atoms in total. The molecule has 0 spiro atoms. The number of amides is 1. The molecule has 0 bridgehead atoms. The fourth-order valence-electron chi connectivity index (χ4n) is 2.25. The van der Waals surface area contributed by atoms with Gasteiger partial charge in [-0.25, -0.2) is 0 Å². The molecule has 1 heterocycles. The molecule has 24 heavy (non-hydrogen) atoms. The lowest BCUT2D eigenvalue weighted by molar-refractivity contribution is -0.121. The maximum absolute atomic E-state index is 12.0. The van der Waals surface area contributed by atoms with Crippen LogP contribution in [0.15, 0.2) is 42.7 Å². The summed E-state index contributed by atoms with van der Waals surface area (Å²) >= 11 is 6.10. The summed E-state index contributed by atoms with van der Waals surface area (Å²) < 4.78 is 5.58. The van der Waals surface area contributed by atoms with Crippen LogP contribution in [0.1, 0.15) is 31.4 Å². The number of ether oxygens (including phenoxy) is 1. The van der Waals surface area contributed by atoms with Crippen LogP contribution in [0, 0.1) is 6.92 Å². The Morgan fingerprint density at radius 2 is 2.12 bits per heavy atom. The minimum absolute atomic E-state index is 0.0461. The second-order valence-corrected chi connectivity index (χ2v) is 6.84. The molecule has 128 valence electrons. The smallest absolute Gasteiger partial charge is 0.223 e.